The van der Waals surface area contributed by atoms with Crippen LogP contribution in [-0.2, 0) is 14.9 Å². The molecule has 1 fully saturated rings. The minimum absolute atomic E-state index is 0.217. The molecule has 2 aromatic rings. The number of morpholine rings is 1. The van der Waals surface area contributed by atoms with E-state index in [4.69, 9.17) is 9.47 Å². The highest BCUT2D eigenvalue weighted by Crippen LogP contribution is 2.26. The Morgan fingerprint density at radius 2 is 2.07 bits per heavy atom. The van der Waals surface area contributed by atoms with Crippen LogP contribution in [0.4, 0.5) is 0 Å². The van der Waals surface area contributed by atoms with Crippen LogP contribution < -0.4 is 4.74 Å². The van der Waals surface area contributed by atoms with E-state index in [-0.39, 0.29) is 6.54 Å². The maximum absolute atomic E-state index is 12.8. The first kappa shape index (κ1) is 20.7. The summed E-state index contributed by atoms with van der Waals surface area (Å²) < 4.78 is 39.7. The number of benzene rings is 1. The second-order valence-corrected chi connectivity index (χ2v) is 8.30. The number of aromatic nitrogens is 2. The van der Waals surface area contributed by atoms with E-state index < -0.39 is 16.3 Å². The SMILES string of the molecule is CCN(CC)S(=O)(=O)N1CCOC(c2cncc(-c3cccc(OC)c3)n2)C1. The second kappa shape index (κ2) is 8.95. The quantitative estimate of drug-likeness (QED) is 0.700. The molecule has 1 aromatic carbocycles. The van der Waals surface area contributed by atoms with Crippen molar-refractivity contribution in [3.63, 3.8) is 0 Å². The van der Waals surface area contributed by atoms with Crippen molar-refractivity contribution in [2.45, 2.75) is 20.0 Å². The average molecular weight is 407 g/mol. The molecule has 0 spiro atoms. The predicted molar refractivity (Wildman–Crippen MR) is 106 cm³/mol. The van der Waals surface area contributed by atoms with Crippen molar-refractivity contribution in [3.05, 3.63) is 42.4 Å². The molecule has 28 heavy (non-hydrogen) atoms. The van der Waals surface area contributed by atoms with Crippen molar-refractivity contribution >= 4 is 10.2 Å². The molecule has 0 amide bonds. The van der Waals surface area contributed by atoms with Gasteiger partial charge in [-0.3, -0.25) is 4.98 Å². The Bertz CT molecular complexity index is 902. The third-order valence-electron chi connectivity index (χ3n) is 4.74. The monoisotopic (exact) mass is 406 g/mol. The summed E-state index contributed by atoms with van der Waals surface area (Å²) >= 11 is 0. The molecule has 0 N–H and O–H groups in total. The average Bonchev–Trinajstić information content (AvgIpc) is 2.74. The molecule has 0 bridgehead atoms. The zero-order valence-electron chi connectivity index (χ0n) is 16.4. The number of rotatable bonds is 7. The van der Waals surface area contributed by atoms with Crippen LogP contribution in [0, 0.1) is 0 Å². The smallest absolute Gasteiger partial charge is 0.282 e. The fraction of sp³-hybridized carbons (Fsp3) is 0.474. The zero-order valence-corrected chi connectivity index (χ0v) is 17.2. The van der Waals surface area contributed by atoms with Crippen molar-refractivity contribution in [3.8, 4) is 17.0 Å². The Labute approximate surface area is 166 Å². The molecule has 3 rings (SSSR count). The van der Waals surface area contributed by atoms with Crippen LogP contribution in [0.1, 0.15) is 25.6 Å². The molecular weight excluding hydrogens is 380 g/mol. The molecule has 9 heteroatoms. The minimum atomic E-state index is -3.51. The zero-order chi connectivity index (χ0) is 20.1. The lowest BCUT2D eigenvalue weighted by Crippen LogP contribution is -2.49. The lowest BCUT2D eigenvalue weighted by molar-refractivity contribution is -0.00672. The summed E-state index contributed by atoms with van der Waals surface area (Å²) in [6, 6.07) is 7.56. The molecule has 1 aromatic heterocycles. The molecule has 1 aliphatic heterocycles. The Morgan fingerprint density at radius 3 is 2.79 bits per heavy atom. The van der Waals surface area contributed by atoms with Crippen LogP contribution in [0.25, 0.3) is 11.3 Å². The molecule has 0 radical (unpaired) electrons. The van der Waals surface area contributed by atoms with Gasteiger partial charge in [0, 0.05) is 31.7 Å². The maximum atomic E-state index is 12.8. The molecule has 0 aliphatic carbocycles. The Hall–Kier alpha value is -2.07. The number of hydrogen-bond acceptors (Lipinski definition) is 6. The highest BCUT2D eigenvalue weighted by atomic mass is 32.2. The first-order chi connectivity index (χ1) is 13.5. The molecule has 1 saturated heterocycles. The van der Waals surface area contributed by atoms with Crippen molar-refractivity contribution in [1.29, 1.82) is 0 Å². The normalized spacial score (nSPS) is 18.4. The summed E-state index contributed by atoms with van der Waals surface area (Å²) in [7, 11) is -1.90. The Morgan fingerprint density at radius 1 is 1.29 bits per heavy atom. The van der Waals surface area contributed by atoms with Gasteiger partial charge in [0.05, 0.1) is 37.5 Å². The molecule has 2 heterocycles. The van der Waals surface area contributed by atoms with Gasteiger partial charge in [0.1, 0.15) is 11.9 Å². The molecule has 0 saturated carbocycles. The summed E-state index contributed by atoms with van der Waals surface area (Å²) in [4.78, 5) is 8.95. The molecule has 152 valence electrons. The van der Waals surface area contributed by atoms with Crippen LogP contribution >= 0.6 is 0 Å². The van der Waals surface area contributed by atoms with Gasteiger partial charge in [-0.1, -0.05) is 26.0 Å². The third-order valence-corrected chi connectivity index (χ3v) is 6.89. The van der Waals surface area contributed by atoms with Gasteiger partial charge in [-0.2, -0.15) is 17.0 Å². The van der Waals surface area contributed by atoms with E-state index in [0.717, 1.165) is 11.3 Å². The van der Waals surface area contributed by atoms with Gasteiger partial charge in [-0.15, -0.1) is 0 Å². The Kier molecular flexibility index (Phi) is 6.61. The minimum Gasteiger partial charge on any atom is -0.497 e. The van der Waals surface area contributed by atoms with Gasteiger partial charge in [0.15, 0.2) is 0 Å². The summed E-state index contributed by atoms with van der Waals surface area (Å²) in [6.07, 6.45) is 2.84. The first-order valence-electron chi connectivity index (χ1n) is 9.32. The lowest BCUT2D eigenvalue weighted by Gasteiger charge is -2.34. The third kappa shape index (κ3) is 4.33. The summed E-state index contributed by atoms with van der Waals surface area (Å²) in [6.45, 7) is 5.41. The molecule has 1 aliphatic rings. The summed E-state index contributed by atoms with van der Waals surface area (Å²) in [5.74, 6) is 0.732. The van der Waals surface area contributed by atoms with Crippen LogP contribution in [0.2, 0.25) is 0 Å². The van der Waals surface area contributed by atoms with E-state index in [9.17, 15) is 8.42 Å². The highest BCUT2D eigenvalue weighted by molar-refractivity contribution is 7.86. The fourth-order valence-electron chi connectivity index (χ4n) is 3.19. The van der Waals surface area contributed by atoms with Crippen LogP contribution in [0.5, 0.6) is 5.75 Å². The van der Waals surface area contributed by atoms with E-state index in [1.54, 1.807) is 19.5 Å². The van der Waals surface area contributed by atoms with Crippen molar-refractivity contribution in [1.82, 2.24) is 18.6 Å². The van der Waals surface area contributed by atoms with Gasteiger partial charge in [-0.25, -0.2) is 4.98 Å². The van der Waals surface area contributed by atoms with Crippen molar-refractivity contribution in [2.75, 3.05) is 39.9 Å². The molecule has 8 nitrogen and oxygen atoms in total. The van der Waals surface area contributed by atoms with E-state index >= 15 is 0 Å². The van der Waals surface area contributed by atoms with Gasteiger partial charge >= 0.3 is 0 Å². The van der Waals surface area contributed by atoms with Gasteiger partial charge in [0.25, 0.3) is 10.2 Å². The Balaban J connectivity index is 1.84. The van der Waals surface area contributed by atoms with Crippen LogP contribution in [0.15, 0.2) is 36.7 Å². The standard InChI is InChI=1S/C19H26N4O4S/c1-4-22(5-2)28(24,25)23-9-10-27-19(14-23)18-13-20-12-17(21-18)15-7-6-8-16(11-15)26-3/h6-8,11-13,19H,4-5,9-10,14H2,1-3H3. The summed E-state index contributed by atoms with van der Waals surface area (Å²) in [5.41, 5.74) is 2.17. The maximum Gasteiger partial charge on any atom is 0.282 e. The number of ether oxygens (including phenoxy) is 2. The van der Waals surface area contributed by atoms with Crippen LogP contribution in [0.3, 0.4) is 0 Å². The van der Waals surface area contributed by atoms with Gasteiger partial charge < -0.3 is 9.47 Å². The van der Waals surface area contributed by atoms with Gasteiger partial charge in [0.2, 0.25) is 0 Å². The van der Waals surface area contributed by atoms with E-state index in [0.29, 0.717) is 37.6 Å². The molecule has 1 unspecified atom stereocenters. The summed E-state index contributed by atoms with van der Waals surface area (Å²) in [5, 5.41) is 0. The largest absolute Gasteiger partial charge is 0.497 e. The van der Waals surface area contributed by atoms with E-state index in [1.807, 2.05) is 38.1 Å². The number of nitrogens with zero attached hydrogens (tertiary/aromatic N) is 4. The van der Waals surface area contributed by atoms with Crippen LogP contribution in [-0.4, -0.2) is 66.9 Å². The number of hydrogen-bond donors (Lipinski definition) is 0. The lowest BCUT2D eigenvalue weighted by atomic mass is 10.1. The van der Waals surface area contributed by atoms with Gasteiger partial charge in [-0.05, 0) is 12.1 Å². The predicted octanol–water partition coefficient (Wildman–Crippen LogP) is 2.11. The van der Waals surface area contributed by atoms with E-state index in [1.165, 1.54) is 8.61 Å². The molecular formula is C19H26N4O4S. The first-order valence-corrected chi connectivity index (χ1v) is 10.7. The van der Waals surface area contributed by atoms with Crippen molar-refractivity contribution in [2.24, 2.45) is 0 Å². The fourth-order valence-corrected chi connectivity index (χ4v) is 4.79. The van der Waals surface area contributed by atoms with Crippen molar-refractivity contribution < 1.29 is 17.9 Å². The van der Waals surface area contributed by atoms with E-state index in [2.05, 4.69) is 9.97 Å². The highest BCUT2D eigenvalue weighted by Gasteiger charge is 2.34. The number of methoxy groups -OCH3 is 1. The second-order valence-electron chi connectivity index (χ2n) is 6.37. The topological polar surface area (TPSA) is 84.9 Å². The molecule has 1 atom stereocenters.